The molecule has 21 heavy (non-hydrogen) atoms. The van der Waals surface area contributed by atoms with Gasteiger partial charge in [-0.1, -0.05) is 12.1 Å². The number of esters is 1. The fourth-order valence-electron chi connectivity index (χ4n) is 2.04. The summed E-state index contributed by atoms with van der Waals surface area (Å²) in [6.07, 6.45) is 0. The van der Waals surface area contributed by atoms with E-state index >= 15 is 0 Å². The number of nitrogens with zero attached hydrogens (tertiary/aromatic N) is 2. The van der Waals surface area contributed by atoms with Crippen LogP contribution in [0.4, 0.5) is 0 Å². The lowest BCUT2D eigenvalue weighted by Crippen LogP contribution is -2.31. The molecule has 2 heterocycles. The van der Waals surface area contributed by atoms with E-state index in [1.165, 1.54) is 4.73 Å². The van der Waals surface area contributed by atoms with Gasteiger partial charge in [-0.3, -0.25) is 0 Å². The summed E-state index contributed by atoms with van der Waals surface area (Å²) in [6, 6.07) is 7.15. The fourth-order valence-corrected chi connectivity index (χ4v) is 2.04. The molecule has 0 atom stereocenters. The van der Waals surface area contributed by atoms with Crippen LogP contribution in [0.25, 0.3) is 11.4 Å². The standard InChI is InChI=1S/C14H12N2O5/c1-8-11-7-20-13(17)14(18)21-16(8)12(15-11)9-4-3-5-10(6-9)19-2/h3-6H,7H2,1-2H3. The van der Waals surface area contributed by atoms with Crippen LogP contribution in [0.5, 0.6) is 5.75 Å². The van der Waals surface area contributed by atoms with Crippen molar-refractivity contribution in [2.24, 2.45) is 0 Å². The van der Waals surface area contributed by atoms with Crippen molar-refractivity contribution in [1.29, 1.82) is 0 Å². The number of imidazole rings is 1. The first-order chi connectivity index (χ1) is 10.1. The van der Waals surface area contributed by atoms with Crippen molar-refractivity contribution < 1.29 is 23.9 Å². The molecular weight excluding hydrogens is 276 g/mol. The number of rotatable bonds is 2. The molecule has 108 valence electrons. The van der Waals surface area contributed by atoms with Crippen molar-refractivity contribution in [2.75, 3.05) is 7.11 Å². The van der Waals surface area contributed by atoms with E-state index in [9.17, 15) is 9.59 Å². The van der Waals surface area contributed by atoms with Crippen molar-refractivity contribution in [1.82, 2.24) is 9.71 Å². The van der Waals surface area contributed by atoms with Crippen LogP contribution in [0.1, 0.15) is 11.4 Å². The molecule has 1 aliphatic heterocycles. The smallest absolute Gasteiger partial charge is 0.442 e. The highest BCUT2D eigenvalue weighted by Gasteiger charge is 2.28. The predicted octanol–water partition coefficient (Wildman–Crippen LogP) is 0.879. The number of benzene rings is 1. The van der Waals surface area contributed by atoms with E-state index < -0.39 is 11.9 Å². The minimum atomic E-state index is -1.08. The Hall–Kier alpha value is -2.83. The molecule has 3 rings (SSSR count). The molecule has 0 radical (unpaired) electrons. The molecule has 0 spiro atoms. The van der Waals surface area contributed by atoms with Crippen molar-refractivity contribution in [2.45, 2.75) is 13.5 Å². The summed E-state index contributed by atoms with van der Waals surface area (Å²) in [5, 5.41) is 0. The maximum atomic E-state index is 11.6. The second-order valence-electron chi connectivity index (χ2n) is 4.45. The van der Waals surface area contributed by atoms with Crippen LogP contribution in [0.3, 0.4) is 0 Å². The minimum Gasteiger partial charge on any atom is -0.497 e. The van der Waals surface area contributed by atoms with E-state index in [-0.39, 0.29) is 6.61 Å². The largest absolute Gasteiger partial charge is 0.497 e. The van der Waals surface area contributed by atoms with E-state index in [4.69, 9.17) is 14.3 Å². The second kappa shape index (κ2) is 4.93. The number of carbonyl (C=O) groups is 2. The van der Waals surface area contributed by atoms with Gasteiger partial charge in [0.1, 0.15) is 18.1 Å². The number of ether oxygens (including phenoxy) is 2. The van der Waals surface area contributed by atoms with Crippen molar-refractivity contribution in [3.05, 3.63) is 35.7 Å². The van der Waals surface area contributed by atoms with Crippen LogP contribution >= 0.6 is 0 Å². The summed E-state index contributed by atoms with van der Waals surface area (Å²) in [6.45, 7) is 1.67. The van der Waals surface area contributed by atoms with Crippen LogP contribution in [0.2, 0.25) is 0 Å². The maximum Gasteiger partial charge on any atom is 0.442 e. The van der Waals surface area contributed by atoms with Crippen LogP contribution < -0.4 is 9.57 Å². The Bertz CT molecular complexity index is 735. The first-order valence-corrected chi connectivity index (χ1v) is 6.22. The predicted molar refractivity (Wildman–Crippen MR) is 70.3 cm³/mol. The Morgan fingerprint density at radius 2 is 2.10 bits per heavy atom. The molecule has 0 saturated heterocycles. The molecule has 0 fully saturated rings. The molecule has 1 aromatic heterocycles. The zero-order chi connectivity index (χ0) is 15.0. The third-order valence-corrected chi connectivity index (χ3v) is 3.16. The van der Waals surface area contributed by atoms with Gasteiger partial charge in [-0.05, 0) is 19.1 Å². The first-order valence-electron chi connectivity index (χ1n) is 6.22. The molecule has 0 aliphatic carbocycles. The van der Waals surface area contributed by atoms with Crippen LogP contribution in [0, 0.1) is 6.92 Å². The van der Waals surface area contributed by atoms with Gasteiger partial charge in [-0.25, -0.2) is 14.6 Å². The number of carbonyl (C=O) groups excluding carboxylic acids is 2. The zero-order valence-electron chi connectivity index (χ0n) is 11.5. The van der Waals surface area contributed by atoms with E-state index in [1.54, 1.807) is 38.3 Å². The molecule has 0 saturated carbocycles. The summed E-state index contributed by atoms with van der Waals surface area (Å²) in [5.41, 5.74) is 1.84. The maximum absolute atomic E-state index is 11.6. The van der Waals surface area contributed by atoms with Crippen molar-refractivity contribution in [3.8, 4) is 17.1 Å². The minimum absolute atomic E-state index is 0.0657. The van der Waals surface area contributed by atoms with Crippen molar-refractivity contribution >= 4 is 11.9 Å². The molecule has 0 amide bonds. The van der Waals surface area contributed by atoms with E-state index in [2.05, 4.69) is 4.98 Å². The van der Waals surface area contributed by atoms with Crippen molar-refractivity contribution in [3.63, 3.8) is 0 Å². The quantitative estimate of drug-likeness (QED) is 0.603. The first kappa shape index (κ1) is 13.2. The Balaban J connectivity index is 2.13. The van der Waals surface area contributed by atoms with Gasteiger partial charge in [0.05, 0.1) is 12.8 Å². The van der Waals surface area contributed by atoms with Gasteiger partial charge in [0, 0.05) is 5.56 Å². The second-order valence-corrected chi connectivity index (χ2v) is 4.45. The highest BCUT2D eigenvalue weighted by Crippen LogP contribution is 2.26. The number of hydrogen-bond donors (Lipinski definition) is 0. The van der Waals surface area contributed by atoms with Crippen LogP contribution in [-0.4, -0.2) is 28.8 Å². The van der Waals surface area contributed by atoms with Gasteiger partial charge >= 0.3 is 11.9 Å². The highest BCUT2D eigenvalue weighted by atomic mass is 16.7. The van der Waals surface area contributed by atoms with E-state index in [0.717, 1.165) is 0 Å². The Morgan fingerprint density at radius 3 is 2.86 bits per heavy atom. The monoisotopic (exact) mass is 288 g/mol. The molecular formula is C14H12N2O5. The van der Waals surface area contributed by atoms with Crippen LogP contribution in [0.15, 0.2) is 24.3 Å². The lowest BCUT2D eigenvalue weighted by atomic mass is 10.2. The van der Waals surface area contributed by atoms with E-state index in [0.29, 0.717) is 28.5 Å². The topological polar surface area (TPSA) is 79.7 Å². The van der Waals surface area contributed by atoms with Gasteiger partial charge in [-0.2, -0.15) is 4.73 Å². The molecule has 1 aromatic carbocycles. The lowest BCUT2D eigenvalue weighted by Gasteiger charge is -2.11. The summed E-state index contributed by atoms with van der Waals surface area (Å²) in [5.74, 6) is -1.05. The van der Waals surface area contributed by atoms with Gasteiger partial charge in [0.2, 0.25) is 0 Å². The summed E-state index contributed by atoms with van der Waals surface area (Å²) in [4.78, 5) is 32.3. The lowest BCUT2D eigenvalue weighted by molar-refractivity contribution is -0.169. The third-order valence-electron chi connectivity index (χ3n) is 3.16. The molecule has 2 bridgehead atoms. The SMILES string of the molecule is COc1cccc(-c2nc3c(C)n2OC(=O)C(=O)OC3)c1. The number of aromatic nitrogens is 2. The summed E-state index contributed by atoms with van der Waals surface area (Å²) >= 11 is 0. The third kappa shape index (κ3) is 2.22. The fraction of sp³-hybridized carbons (Fsp3) is 0.214. The van der Waals surface area contributed by atoms with E-state index in [1.807, 2.05) is 0 Å². The normalized spacial score (nSPS) is 14.0. The molecule has 1 aliphatic rings. The zero-order valence-corrected chi connectivity index (χ0v) is 11.5. The Kier molecular flexibility index (Phi) is 3.09. The average Bonchev–Trinajstić information content (AvgIpc) is 2.83. The van der Waals surface area contributed by atoms with Gasteiger partial charge < -0.3 is 14.3 Å². The number of hydrogen-bond acceptors (Lipinski definition) is 6. The molecule has 2 aromatic rings. The molecule has 7 nitrogen and oxygen atoms in total. The van der Waals surface area contributed by atoms with Gasteiger partial charge in [0.15, 0.2) is 5.82 Å². The summed E-state index contributed by atoms with van der Waals surface area (Å²) < 4.78 is 11.2. The van der Waals surface area contributed by atoms with Crippen LogP contribution in [-0.2, 0) is 20.9 Å². The molecule has 0 unspecified atom stereocenters. The average molecular weight is 288 g/mol. The Morgan fingerprint density at radius 1 is 1.29 bits per heavy atom. The highest BCUT2D eigenvalue weighted by molar-refractivity contribution is 6.29. The number of cyclic esters (lactones) is 1. The summed E-state index contributed by atoms with van der Waals surface area (Å²) in [7, 11) is 1.56. The molecule has 7 heteroatoms. The van der Waals surface area contributed by atoms with Gasteiger partial charge in [0.25, 0.3) is 0 Å². The molecule has 0 N–H and O–H groups in total. The number of methoxy groups -OCH3 is 1. The number of fused-ring (bicyclic) bond motifs is 2. The van der Waals surface area contributed by atoms with Gasteiger partial charge in [-0.15, -0.1) is 0 Å². The Labute approximate surface area is 120 Å².